The van der Waals surface area contributed by atoms with E-state index in [9.17, 15) is 9.18 Å². The molecule has 0 aliphatic rings. The molecule has 6 heteroatoms. The lowest BCUT2D eigenvalue weighted by molar-refractivity contribution is 0.0919. The standard InChI is InChI=1S/C14H16FN3OS/c1-14(2,8-16)18-12(19)11-7-17-13(20-11)9-5-3-4-6-10(9)15/h3-7H,8,16H2,1-2H3,(H,18,19). The molecule has 0 bridgehead atoms. The van der Waals surface area contributed by atoms with E-state index in [0.717, 1.165) is 11.3 Å². The fourth-order valence-electron chi connectivity index (χ4n) is 1.56. The molecule has 2 aromatic rings. The number of hydrogen-bond acceptors (Lipinski definition) is 4. The van der Waals surface area contributed by atoms with Crippen molar-refractivity contribution in [3.63, 3.8) is 0 Å². The van der Waals surface area contributed by atoms with Crippen LogP contribution in [-0.2, 0) is 0 Å². The van der Waals surface area contributed by atoms with Gasteiger partial charge in [0.1, 0.15) is 15.7 Å². The molecule has 1 heterocycles. The highest BCUT2D eigenvalue weighted by molar-refractivity contribution is 7.16. The van der Waals surface area contributed by atoms with Crippen molar-refractivity contribution < 1.29 is 9.18 Å². The van der Waals surface area contributed by atoms with Crippen LogP contribution < -0.4 is 11.1 Å². The number of carbonyl (C=O) groups excluding carboxylic acids is 1. The molecular formula is C14H16FN3OS. The van der Waals surface area contributed by atoms with Gasteiger partial charge in [0.05, 0.1) is 6.20 Å². The molecule has 0 radical (unpaired) electrons. The summed E-state index contributed by atoms with van der Waals surface area (Å²) in [5, 5.41) is 3.30. The molecule has 0 aliphatic carbocycles. The molecule has 0 saturated heterocycles. The zero-order valence-electron chi connectivity index (χ0n) is 11.3. The monoisotopic (exact) mass is 293 g/mol. The van der Waals surface area contributed by atoms with Crippen molar-refractivity contribution in [2.75, 3.05) is 6.54 Å². The van der Waals surface area contributed by atoms with Gasteiger partial charge in [-0.1, -0.05) is 12.1 Å². The molecule has 1 aromatic carbocycles. The minimum atomic E-state index is -0.487. The highest BCUT2D eigenvalue weighted by Crippen LogP contribution is 2.27. The Hall–Kier alpha value is -1.79. The molecule has 0 saturated carbocycles. The Balaban J connectivity index is 2.22. The Bertz CT molecular complexity index is 624. The van der Waals surface area contributed by atoms with E-state index in [1.807, 2.05) is 13.8 Å². The average molecular weight is 293 g/mol. The van der Waals surface area contributed by atoms with Gasteiger partial charge in [0, 0.05) is 17.6 Å². The number of carbonyl (C=O) groups is 1. The second kappa shape index (κ2) is 5.68. The molecular weight excluding hydrogens is 277 g/mol. The van der Waals surface area contributed by atoms with Crippen molar-refractivity contribution in [3.05, 3.63) is 41.2 Å². The summed E-state index contributed by atoms with van der Waals surface area (Å²) in [6, 6.07) is 6.36. The Morgan fingerprint density at radius 2 is 2.15 bits per heavy atom. The molecule has 0 fully saturated rings. The van der Waals surface area contributed by atoms with Gasteiger partial charge in [-0.3, -0.25) is 4.79 Å². The zero-order chi connectivity index (χ0) is 14.8. The maximum Gasteiger partial charge on any atom is 0.263 e. The summed E-state index contributed by atoms with van der Waals surface area (Å²) in [5.41, 5.74) is 5.48. The van der Waals surface area contributed by atoms with E-state index < -0.39 is 5.54 Å². The van der Waals surface area contributed by atoms with Crippen LogP contribution in [0.4, 0.5) is 4.39 Å². The first-order valence-corrected chi connectivity index (χ1v) is 6.98. The SMILES string of the molecule is CC(C)(CN)NC(=O)c1cnc(-c2ccccc2F)s1. The van der Waals surface area contributed by atoms with E-state index in [0.29, 0.717) is 22.0 Å². The fraction of sp³-hybridized carbons (Fsp3) is 0.286. The highest BCUT2D eigenvalue weighted by atomic mass is 32.1. The number of hydrogen-bond donors (Lipinski definition) is 2. The Morgan fingerprint density at radius 3 is 2.80 bits per heavy atom. The van der Waals surface area contributed by atoms with Crippen LogP contribution in [0.1, 0.15) is 23.5 Å². The molecule has 2 rings (SSSR count). The van der Waals surface area contributed by atoms with Gasteiger partial charge in [0.25, 0.3) is 5.91 Å². The van der Waals surface area contributed by atoms with E-state index in [-0.39, 0.29) is 11.7 Å². The maximum absolute atomic E-state index is 13.7. The molecule has 0 spiro atoms. The molecule has 1 aromatic heterocycles. The summed E-state index contributed by atoms with van der Waals surface area (Å²) >= 11 is 1.16. The quantitative estimate of drug-likeness (QED) is 0.909. The lowest BCUT2D eigenvalue weighted by Crippen LogP contribution is -2.48. The van der Waals surface area contributed by atoms with Gasteiger partial charge in [0.2, 0.25) is 0 Å². The van der Waals surface area contributed by atoms with E-state index in [4.69, 9.17) is 5.73 Å². The first-order chi connectivity index (χ1) is 9.43. The summed E-state index contributed by atoms with van der Waals surface area (Å²) in [6.45, 7) is 4.01. The van der Waals surface area contributed by atoms with Gasteiger partial charge in [-0.25, -0.2) is 9.37 Å². The van der Waals surface area contributed by atoms with Crippen molar-refractivity contribution in [2.45, 2.75) is 19.4 Å². The summed E-state index contributed by atoms with van der Waals surface area (Å²) in [7, 11) is 0. The number of aromatic nitrogens is 1. The summed E-state index contributed by atoms with van der Waals surface area (Å²) in [5.74, 6) is -0.600. The van der Waals surface area contributed by atoms with Crippen molar-refractivity contribution in [3.8, 4) is 10.6 Å². The lowest BCUT2D eigenvalue weighted by atomic mass is 10.1. The number of rotatable bonds is 4. The number of thiazole rings is 1. The van der Waals surface area contributed by atoms with E-state index in [1.54, 1.807) is 18.2 Å². The highest BCUT2D eigenvalue weighted by Gasteiger charge is 2.21. The average Bonchev–Trinajstić information content (AvgIpc) is 2.88. The molecule has 3 N–H and O–H groups in total. The fourth-order valence-corrected chi connectivity index (χ4v) is 2.40. The minimum Gasteiger partial charge on any atom is -0.345 e. The zero-order valence-corrected chi connectivity index (χ0v) is 12.1. The van der Waals surface area contributed by atoms with Gasteiger partial charge in [-0.15, -0.1) is 11.3 Å². The van der Waals surface area contributed by atoms with Crippen LogP contribution in [-0.4, -0.2) is 23.0 Å². The summed E-state index contributed by atoms with van der Waals surface area (Å²) < 4.78 is 13.7. The van der Waals surface area contributed by atoms with Crippen molar-refractivity contribution in [1.82, 2.24) is 10.3 Å². The van der Waals surface area contributed by atoms with Crippen LogP contribution in [0.5, 0.6) is 0 Å². The molecule has 0 atom stereocenters. The topological polar surface area (TPSA) is 68.0 Å². The van der Waals surface area contributed by atoms with Crippen LogP contribution in [0.15, 0.2) is 30.5 Å². The van der Waals surface area contributed by atoms with Crippen LogP contribution >= 0.6 is 11.3 Å². The molecule has 106 valence electrons. The van der Waals surface area contributed by atoms with E-state index >= 15 is 0 Å². The molecule has 20 heavy (non-hydrogen) atoms. The van der Waals surface area contributed by atoms with Crippen LogP contribution in [0.3, 0.4) is 0 Å². The van der Waals surface area contributed by atoms with Gasteiger partial charge in [0.15, 0.2) is 0 Å². The number of benzene rings is 1. The first kappa shape index (κ1) is 14.6. The van der Waals surface area contributed by atoms with Gasteiger partial charge >= 0.3 is 0 Å². The third-order valence-electron chi connectivity index (χ3n) is 2.80. The normalized spacial score (nSPS) is 11.4. The Kier molecular flexibility index (Phi) is 4.15. The molecule has 0 unspecified atom stereocenters. The third-order valence-corrected chi connectivity index (χ3v) is 3.83. The van der Waals surface area contributed by atoms with E-state index in [2.05, 4.69) is 10.3 Å². The number of nitrogens with zero attached hydrogens (tertiary/aromatic N) is 1. The Labute approximate surface area is 120 Å². The number of halogens is 1. The predicted molar refractivity (Wildman–Crippen MR) is 78.1 cm³/mol. The van der Waals surface area contributed by atoms with Gasteiger partial charge < -0.3 is 11.1 Å². The minimum absolute atomic E-state index is 0.250. The lowest BCUT2D eigenvalue weighted by Gasteiger charge is -2.23. The van der Waals surface area contributed by atoms with Crippen LogP contribution in [0, 0.1) is 5.82 Å². The smallest absolute Gasteiger partial charge is 0.263 e. The summed E-state index contributed by atoms with van der Waals surface area (Å²) in [4.78, 5) is 16.6. The largest absolute Gasteiger partial charge is 0.345 e. The third kappa shape index (κ3) is 3.20. The van der Waals surface area contributed by atoms with Crippen LogP contribution in [0.25, 0.3) is 10.6 Å². The number of nitrogens with one attached hydrogen (secondary N) is 1. The first-order valence-electron chi connectivity index (χ1n) is 6.16. The maximum atomic E-state index is 13.7. The van der Waals surface area contributed by atoms with Crippen molar-refractivity contribution in [2.24, 2.45) is 5.73 Å². The summed E-state index contributed by atoms with van der Waals surface area (Å²) in [6.07, 6.45) is 1.45. The molecule has 0 aliphatic heterocycles. The van der Waals surface area contributed by atoms with Gasteiger partial charge in [-0.05, 0) is 26.0 Å². The predicted octanol–water partition coefficient (Wildman–Crippen LogP) is 2.42. The number of amides is 1. The van der Waals surface area contributed by atoms with Crippen molar-refractivity contribution in [1.29, 1.82) is 0 Å². The molecule has 1 amide bonds. The van der Waals surface area contributed by atoms with Crippen LogP contribution in [0.2, 0.25) is 0 Å². The van der Waals surface area contributed by atoms with Crippen molar-refractivity contribution >= 4 is 17.2 Å². The second-order valence-corrected chi connectivity index (χ2v) is 6.08. The molecule has 4 nitrogen and oxygen atoms in total. The Morgan fingerprint density at radius 1 is 1.45 bits per heavy atom. The second-order valence-electron chi connectivity index (χ2n) is 5.05. The van der Waals surface area contributed by atoms with Gasteiger partial charge in [-0.2, -0.15) is 0 Å². The van der Waals surface area contributed by atoms with E-state index in [1.165, 1.54) is 12.3 Å². The number of nitrogens with two attached hydrogens (primary N) is 1.